The molecular formula is C109H130N6O17. The van der Waals surface area contributed by atoms with Gasteiger partial charge in [0.25, 0.3) is 0 Å². The smallest absolute Gasteiger partial charge is 0.176 e. The average Bonchev–Trinajstić information content (AvgIpc) is 1.68. The van der Waals surface area contributed by atoms with Crippen molar-refractivity contribution >= 4 is 11.6 Å². The Bertz CT molecular complexity index is 5240. The number of phenolic OH excluding ortho intramolecular Hbond substituents is 5. The van der Waals surface area contributed by atoms with Gasteiger partial charge in [0.15, 0.2) is 11.6 Å². The van der Waals surface area contributed by atoms with Crippen LogP contribution in [0.5, 0.6) is 69.0 Å². The summed E-state index contributed by atoms with van der Waals surface area (Å²) < 4.78 is 41.1. The van der Waals surface area contributed by atoms with Gasteiger partial charge in [0.05, 0.1) is 82.3 Å². The van der Waals surface area contributed by atoms with Crippen LogP contribution in [0.4, 0.5) is 0 Å². The Balaban J connectivity index is 0.000000120. The number of ether oxygens (including phenoxy) is 7. The second kappa shape index (κ2) is 44.1. The van der Waals surface area contributed by atoms with E-state index in [-0.39, 0.29) is 58.6 Å². The summed E-state index contributed by atoms with van der Waals surface area (Å²) in [6.45, 7) is 19.0. The summed E-state index contributed by atoms with van der Waals surface area (Å²) in [5.74, 6) is 13.9. The summed E-state index contributed by atoms with van der Waals surface area (Å²) in [6.07, 6.45) is 14.2. The number of aromatic nitrogens is 1. The number of β-amino-alcohol motifs (C(OH)–C–C–N with tert-alkyl or cyclic N) is 3. The monoisotopic (exact) mass is 1790 g/mol. The number of nitrogens with zero attached hydrogens (tertiary/aromatic N) is 6. The predicted octanol–water partition coefficient (Wildman–Crippen LogP) is 16.7. The van der Waals surface area contributed by atoms with Crippen LogP contribution >= 0.6 is 0 Å². The van der Waals surface area contributed by atoms with E-state index in [9.17, 15) is 50.4 Å². The molecule has 10 aliphatic rings. The van der Waals surface area contributed by atoms with Gasteiger partial charge in [0.2, 0.25) is 0 Å². The molecule has 5 aliphatic heterocycles. The molecule has 0 spiro atoms. The highest BCUT2D eigenvalue weighted by molar-refractivity contribution is 5.98. The van der Waals surface area contributed by atoms with Gasteiger partial charge in [-0.2, -0.15) is 0 Å². The van der Waals surface area contributed by atoms with Crippen molar-refractivity contribution in [3.8, 4) is 69.0 Å². The first-order valence-corrected chi connectivity index (χ1v) is 47.2. The number of carbonyl (C=O) groups is 2. The minimum atomic E-state index is -0.518. The third-order valence-corrected chi connectivity index (χ3v) is 28.7. The van der Waals surface area contributed by atoms with E-state index in [1.165, 1.54) is 11.1 Å². The minimum absolute atomic E-state index is 0.112. The highest BCUT2D eigenvalue weighted by Gasteiger charge is 2.47. The van der Waals surface area contributed by atoms with Crippen molar-refractivity contribution in [1.82, 2.24) is 29.5 Å². The van der Waals surface area contributed by atoms with Gasteiger partial charge in [-0.1, -0.05) is 71.8 Å². The summed E-state index contributed by atoms with van der Waals surface area (Å²) in [7, 11) is 3.32. The molecule has 23 nitrogen and oxygen atoms in total. The standard InChI is InChI=1S/C22H27NO4.C22H25NO4.C22H27NO3.C22H25NO3.C21H26N2O3/c2*1-26-19-6-8-20(9-7-19)27-21-10-16-12-23(13-17(16)11-21)14-22(25)15-2-4-18(24)5-3-15;2*1-15-2-8-20(9-3-15)26-21-10-17-12-23(13-18(17)11-21)14-22(25)16-4-6-19(24)7-5-16;1-14-6-20(10-22-9-14)26-19-7-16-11-23(12-17(16)8-19)13-21(25)15-2-4-18(24)5-3-15/h2-9,16-17,21-22,24-25H,10-14H2,1H3;2-9,16-17,21,24H,10-14H2,1H3;2-9,17-18,21-22,24-25H,10-14H2,1H3;2-9,17-18,21,24H,10-14H2,1H3;2-6,9-10,16-17,19,21,24-25H,7-8,11-13H2,1H3/t16-,17+,21?,22?;16-,17+,21?;17-,18+,21?,22?;17-,18+,21?;16-,17+,19?,21?. The van der Waals surface area contributed by atoms with Crippen LogP contribution in [-0.2, 0) is 0 Å². The zero-order valence-corrected chi connectivity index (χ0v) is 76.5. The number of pyridine rings is 1. The number of aliphatic hydroxyl groups excluding tert-OH is 3. The van der Waals surface area contributed by atoms with Gasteiger partial charge in [-0.15, -0.1) is 0 Å². The zero-order chi connectivity index (χ0) is 91.9. The largest absolute Gasteiger partial charge is 0.508 e. The third-order valence-electron chi connectivity index (χ3n) is 28.7. The molecule has 0 amide bonds. The van der Waals surface area contributed by atoms with E-state index in [0.29, 0.717) is 115 Å². The second-order valence-corrected chi connectivity index (χ2v) is 38.6. The Morgan fingerprint density at radius 2 is 0.508 bits per heavy atom. The third kappa shape index (κ3) is 25.8. The van der Waals surface area contributed by atoms with E-state index in [2.05, 4.69) is 79.7 Å². The van der Waals surface area contributed by atoms with E-state index >= 15 is 0 Å². The molecule has 0 bridgehead atoms. The van der Waals surface area contributed by atoms with Crippen LogP contribution in [0.3, 0.4) is 0 Å². The molecule has 698 valence electrons. The van der Waals surface area contributed by atoms with Crippen molar-refractivity contribution in [3.05, 3.63) is 281 Å². The maximum atomic E-state index is 12.4. The predicted molar refractivity (Wildman–Crippen MR) is 507 cm³/mol. The summed E-state index contributed by atoms with van der Waals surface area (Å²) in [6, 6.07) is 67.7. The van der Waals surface area contributed by atoms with Gasteiger partial charge >= 0.3 is 0 Å². The van der Waals surface area contributed by atoms with Crippen LogP contribution < -0.4 is 33.2 Å². The fourth-order valence-electron chi connectivity index (χ4n) is 22.0. The van der Waals surface area contributed by atoms with Gasteiger partial charge in [-0.05, 0) is 330 Å². The van der Waals surface area contributed by atoms with Crippen LogP contribution in [-0.4, -0.2) is 225 Å². The maximum Gasteiger partial charge on any atom is 0.176 e. The van der Waals surface area contributed by atoms with Crippen LogP contribution in [0, 0.1) is 80.0 Å². The number of aromatic hydroxyl groups is 5. The maximum absolute atomic E-state index is 12.4. The molecule has 20 rings (SSSR count). The van der Waals surface area contributed by atoms with Crippen LogP contribution in [0.1, 0.15) is 137 Å². The van der Waals surface area contributed by atoms with Crippen molar-refractivity contribution in [2.75, 3.05) is 112 Å². The molecule has 9 aromatic carbocycles. The molecule has 6 heterocycles. The van der Waals surface area contributed by atoms with Crippen LogP contribution in [0.2, 0.25) is 0 Å². The normalized spacial score (nSPS) is 25.8. The number of aryl methyl sites for hydroxylation is 3. The lowest BCUT2D eigenvalue weighted by molar-refractivity contribution is 0.0928. The molecule has 5 aliphatic carbocycles. The molecular weight excluding hydrogens is 1670 g/mol. The van der Waals surface area contributed by atoms with Crippen molar-refractivity contribution in [1.29, 1.82) is 0 Å². The number of benzene rings is 9. The quantitative estimate of drug-likeness (QED) is 0.0222. The molecule has 8 N–H and O–H groups in total. The fraction of sp³-hybridized carbons (Fsp3) is 0.440. The number of aliphatic hydroxyl groups is 3. The van der Waals surface area contributed by atoms with E-state index < -0.39 is 18.3 Å². The number of carbonyl (C=O) groups excluding carboxylic acids is 2. The number of Topliss-reactive ketones (excluding diaryl/α,β-unsaturated/α-hetero) is 2. The lowest BCUT2D eigenvalue weighted by Gasteiger charge is -2.22. The number of rotatable bonds is 27. The van der Waals surface area contributed by atoms with Crippen molar-refractivity contribution in [2.24, 2.45) is 59.2 Å². The number of hydrogen-bond donors (Lipinski definition) is 8. The summed E-state index contributed by atoms with van der Waals surface area (Å²) in [5, 5.41) is 78.2. The number of phenols is 5. The lowest BCUT2D eigenvalue weighted by Crippen LogP contribution is -2.30. The van der Waals surface area contributed by atoms with E-state index in [1.807, 2.05) is 79.9 Å². The molecule has 1 aromatic heterocycles. The highest BCUT2D eigenvalue weighted by Crippen LogP contribution is 2.46. The van der Waals surface area contributed by atoms with Crippen molar-refractivity contribution in [2.45, 2.75) is 134 Å². The number of ketones is 2. The van der Waals surface area contributed by atoms with Gasteiger partial charge < -0.3 is 74.0 Å². The molecule has 0 radical (unpaired) electrons. The Kier molecular flexibility index (Phi) is 31.4. The molecule has 5 saturated heterocycles. The summed E-state index contributed by atoms with van der Waals surface area (Å²) in [4.78, 5) is 40.7. The van der Waals surface area contributed by atoms with Crippen molar-refractivity contribution in [3.63, 3.8) is 0 Å². The first-order chi connectivity index (χ1) is 63.9. The van der Waals surface area contributed by atoms with E-state index in [0.717, 1.165) is 192 Å². The minimum Gasteiger partial charge on any atom is -0.508 e. The van der Waals surface area contributed by atoms with E-state index in [4.69, 9.17) is 33.2 Å². The molecule has 18 atom stereocenters. The number of hydrogen-bond acceptors (Lipinski definition) is 23. The number of methoxy groups -OCH3 is 2. The van der Waals surface area contributed by atoms with Crippen LogP contribution in [0.25, 0.3) is 0 Å². The Hall–Kier alpha value is -11.3. The number of fused-ring (bicyclic) bond motifs is 5. The van der Waals surface area contributed by atoms with Gasteiger partial charge in [-0.25, -0.2) is 0 Å². The van der Waals surface area contributed by atoms with E-state index in [1.54, 1.807) is 142 Å². The van der Waals surface area contributed by atoms with Gasteiger partial charge in [-0.3, -0.25) is 39.1 Å². The lowest BCUT2D eigenvalue weighted by atomic mass is 10.0. The first-order valence-electron chi connectivity index (χ1n) is 47.2. The molecule has 132 heavy (non-hydrogen) atoms. The van der Waals surface area contributed by atoms with Crippen LogP contribution in [0.15, 0.2) is 237 Å². The molecule has 10 aromatic rings. The fourth-order valence-corrected chi connectivity index (χ4v) is 22.0. The Morgan fingerprint density at radius 1 is 0.288 bits per heavy atom. The molecule has 5 saturated carbocycles. The molecule has 8 unspecified atom stereocenters. The van der Waals surface area contributed by atoms with Crippen molar-refractivity contribution < 1.29 is 83.6 Å². The zero-order valence-electron chi connectivity index (χ0n) is 76.5. The highest BCUT2D eigenvalue weighted by atomic mass is 16.5. The Morgan fingerprint density at radius 3 is 0.750 bits per heavy atom. The summed E-state index contributed by atoms with van der Waals surface area (Å²) in [5.41, 5.74) is 7.51. The summed E-state index contributed by atoms with van der Waals surface area (Å²) >= 11 is 0. The molecule has 10 fully saturated rings. The average molecular weight is 1800 g/mol. The van der Waals surface area contributed by atoms with Gasteiger partial charge in [0.1, 0.15) is 69.0 Å². The SMILES string of the molecule is COc1ccc(OC2C[C@@H]3CN(CC(=O)c4ccc(O)cc4)C[C@@H]3C2)cc1.COc1ccc(OC2C[C@@H]3CN(CC(O)c4ccc(O)cc4)C[C@@H]3C2)cc1.Cc1ccc(OC2C[C@@H]3CN(CC(=O)c4ccc(O)cc4)C[C@@H]3C2)cc1.Cc1ccc(OC2C[C@@H]3CN(CC(O)c4ccc(O)cc4)C[C@@H]3C2)cc1.Cc1cncc(OC2C[C@@H]3CN(CC(O)c4ccc(O)cc4)C[C@@H]3C2)c1. The topological polar surface area (TPSA) is 290 Å². The van der Waals surface area contributed by atoms with Gasteiger partial charge in [0, 0.05) is 102 Å². The molecule has 23 heteroatoms. The first kappa shape index (κ1) is 94.0. The Labute approximate surface area is 776 Å². The number of likely N-dealkylation sites (tertiary alicyclic amines) is 5. The second-order valence-electron chi connectivity index (χ2n) is 38.6.